The predicted molar refractivity (Wildman–Crippen MR) is 208 cm³/mol. The zero-order valence-electron chi connectivity index (χ0n) is 26.3. The Labute approximate surface area is 279 Å². The molecule has 0 atom stereocenters. The summed E-state index contributed by atoms with van der Waals surface area (Å²) in [4.78, 5) is 0. The van der Waals surface area contributed by atoms with Gasteiger partial charge in [0.2, 0.25) is 0 Å². The van der Waals surface area contributed by atoms with E-state index in [1.165, 1.54) is 98.0 Å². The van der Waals surface area contributed by atoms with Crippen LogP contribution in [0.25, 0.3) is 98.0 Å². The maximum absolute atomic E-state index is 2.27. The van der Waals surface area contributed by atoms with Crippen LogP contribution in [0.1, 0.15) is 0 Å². The zero-order valence-corrected chi connectivity index (χ0v) is 26.3. The topological polar surface area (TPSA) is 0 Å². The van der Waals surface area contributed by atoms with Crippen molar-refractivity contribution in [2.24, 2.45) is 0 Å². The first-order valence-electron chi connectivity index (χ1n) is 16.7. The molecule has 0 aliphatic carbocycles. The SMILES string of the molecule is c1cc2ccc3ccc4ccc5ccc6ccc1c1c2c3c4c5c61.c1ccc(-c2cc(-c3ccccc3)cc(-c3ccccc3)c2)cc1. The van der Waals surface area contributed by atoms with Crippen molar-refractivity contribution < 1.29 is 0 Å². The van der Waals surface area contributed by atoms with Crippen LogP contribution in [0, 0.1) is 0 Å². The lowest BCUT2D eigenvalue weighted by Gasteiger charge is -2.20. The van der Waals surface area contributed by atoms with Crippen LogP contribution >= 0.6 is 0 Å². The molecule has 0 aromatic heterocycles. The Morgan fingerprint density at radius 2 is 0.354 bits per heavy atom. The van der Waals surface area contributed by atoms with Gasteiger partial charge >= 0.3 is 0 Å². The molecule has 0 fully saturated rings. The minimum absolute atomic E-state index is 1.24. The summed E-state index contributed by atoms with van der Waals surface area (Å²) in [6, 6.07) is 65.8. The third kappa shape index (κ3) is 4.16. The fraction of sp³-hybridized carbons (Fsp3) is 0. The molecule has 0 unspecified atom stereocenters. The van der Waals surface area contributed by atoms with Crippen LogP contribution in [0.15, 0.2) is 182 Å². The van der Waals surface area contributed by atoms with Crippen molar-refractivity contribution in [1.82, 2.24) is 0 Å². The van der Waals surface area contributed by atoms with Gasteiger partial charge in [0, 0.05) is 0 Å². The predicted octanol–water partition coefficient (Wildman–Crippen LogP) is 13.6. The van der Waals surface area contributed by atoms with Crippen molar-refractivity contribution >= 4 is 64.6 Å². The summed E-state index contributed by atoms with van der Waals surface area (Å²) >= 11 is 0. The molecule has 0 saturated heterocycles. The van der Waals surface area contributed by atoms with Gasteiger partial charge in [-0.2, -0.15) is 0 Å². The lowest BCUT2D eigenvalue weighted by atomic mass is 9.83. The molecule has 0 radical (unpaired) electrons. The van der Waals surface area contributed by atoms with E-state index in [4.69, 9.17) is 0 Å². The molecule has 0 bridgehead atoms. The third-order valence-electron chi connectivity index (χ3n) is 10.1. The Balaban J connectivity index is 0.000000123. The lowest BCUT2D eigenvalue weighted by Crippen LogP contribution is -1.91. The van der Waals surface area contributed by atoms with Crippen LogP contribution in [-0.4, -0.2) is 0 Å². The molecule has 48 heavy (non-hydrogen) atoms. The molecule has 0 amide bonds. The fourth-order valence-corrected chi connectivity index (χ4v) is 7.91. The first kappa shape index (κ1) is 26.9. The van der Waals surface area contributed by atoms with Crippen LogP contribution in [0.5, 0.6) is 0 Å². The largest absolute Gasteiger partial charge is 0.0622 e. The minimum Gasteiger partial charge on any atom is -0.0622 e. The van der Waals surface area contributed by atoms with E-state index in [9.17, 15) is 0 Å². The maximum atomic E-state index is 2.27. The Morgan fingerprint density at radius 3 is 0.542 bits per heavy atom. The number of hydrogen-bond acceptors (Lipinski definition) is 0. The lowest BCUT2D eigenvalue weighted by molar-refractivity contribution is 1.56. The number of rotatable bonds is 3. The quantitative estimate of drug-likeness (QED) is 0.139. The summed E-state index contributed by atoms with van der Waals surface area (Å²) in [6.45, 7) is 0. The highest BCUT2D eigenvalue weighted by Gasteiger charge is 2.19. The fourth-order valence-electron chi connectivity index (χ4n) is 7.91. The van der Waals surface area contributed by atoms with Crippen molar-refractivity contribution in [2.75, 3.05) is 0 Å². The number of benzene rings is 11. The molecule has 0 aliphatic heterocycles. The van der Waals surface area contributed by atoms with E-state index in [0.29, 0.717) is 0 Å². The second-order valence-electron chi connectivity index (χ2n) is 12.9. The van der Waals surface area contributed by atoms with Crippen molar-refractivity contribution in [1.29, 1.82) is 0 Å². The van der Waals surface area contributed by atoms with Crippen LogP contribution in [-0.2, 0) is 0 Å². The van der Waals surface area contributed by atoms with Gasteiger partial charge in [-0.1, -0.05) is 164 Å². The van der Waals surface area contributed by atoms with Crippen molar-refractivity contribution in [3.05, 3.63) is 182 Å². The summed E-state index contributed by atoms with van der Waals surface area (Å²) in [7, 11) is 0. The number of hydrogen-bond donors (Lipinski definition) is 0. The molecule has 222 valence electrons. The second-order valence-corrected chi connectivity index (χ2v) is 12.9. The highest BCUT2D eigenvalue weighted by Crippen LogP contribution is 2.48. The highest BCUT2D eigenvalue weighted by molar-refractivity contribution is 6.44. The molecular weight excluding hydrogens is 577 g/mol. The maximum Gasteiger partial charge on any atom is -0.00139 e. The summed E-state index contributed by atoms with van der Waals surface area (Å²) in [6.07, 6.45) is 0. The molecule has 0 saturated carbocycles. The second kappa shape index (κ2) is 10.7. The summed E-state index contributed by atoms with van der Waals surface area (Å²) in [5.74, 6) is 0. The summed E-state index contributed by atoms with van der Waals surface area (Å²) < 4.78 is 0. The monoisotopic (exact) mass is 606 g/mol. The smallest absolute Gasteiger partial charge is 0.00139 e. The van der Waals surface area contributed by atoms with Crippen LogP contribution < -0.4 is 0 Å². The Kier molecular flexibility index (Phi) is 5.98. The van der Waals surface area contributed by atoms with Gasteiger partial charge in [-0.05, 0) is 116 Å². The van der Waals surface area contributed by atoms with Gasteiger partial charge in [-0.15, -0.1) is 0 Å². The third-order valence-corrected chi connectivity index (χ3v) is 10.1. The Hall–Kier alpha value is -6.24. The molecule has 0 aliphatic rings. The van der Waals surface area contributed by atoms with Crippen molar-refractivity contribution in [3.63, 3.8) is 0 Å². The van der Waals surface area contributed by atoms with Gasteiger partial charge in [0.25, 0.3) is 0 Å². The van der Waals surface area contributed by atoms with E-state index >= 15 is 0 Å². The van der Waals surface area contributed by atoms with Crippen molar-refractivity contribution in [2.45, 2.75) is 0 Å². The molecule has 0 heterocycles. The molecule has 0 spiro atoms. The average molecular weight is 607 g/mol. The summed E-state index contributed by atoms with van der Waals surface area (Å²) in [5, 5.41) is 16.7. The van der Waals surface area contributed by atoms with Crippen LogP contribution in [0.4, 0.5) is 0 Å². The first-order chi connectivity index (χ1) is 23.8. The van der Waals surface area contributed by atoms with Crippen LogP contribution in [0.3, 0.4) is 0 Å². The highest BCUT2D eigenvalue weighted by atomic mass is 14.2. The van der Waals surface area contributed by atoms with E-state index in [-0.39, 0.29) is 0 Å². The summed E-state index contributed by atoms with van der Waals surface area (Å²) in [5.41, 5.74) is 7.47. The average Bonchev–Trinajstić information content (AvgIpc) is 3.18. The van der Waals surface area contributed by atoms with Gasteiger partial charge < -0.3 is 0 Å². The van der Waals surface area contributed by atoms with Crippen molar-refractivity contribution in [3.8, 4) is 33.4 Å². The Bertz CT molecular complexity index is 2310. The zero-order chi connectivity index (χ0) is 31.6. The molecule has 0 N–H and O–H groups in total. The molecule has 11 aromatic rings. The molecular formula is C48H30. The molecule has 0 heteroatoms. The van der Waals surface area contributed by atoms with E-state index in [2.05, 4.69) is 182 Å². The van der Waals surface area contributed by atoms with E-state index in [1.807, 2.05) is 0 Å². The van der Waals surface area contributed by atoms with E-state index < -0.39 is 0 Å². The molecule has 11 rings (SSSR count). The normalized spacial score (nSPS) is 11.8. The van der Waals surface area contributed by atoms with Gasteiger partial charge in [0.05, 0.1) is 0 Å². The van der Waals surface area contributed by atoms with Gasteiger partial charge in [0.15, 0.2) is 0 Å². The van der Waals surface area contributed by atoms with Gasteiger partial charge in [0.1, 0.15) is 0 Å². The minimum atomic E-state index is 1.24. The van der Waals surface area contributed by atoms with E-state index in [1.54, 1.807) is 0 Å². The van der Waals surface area contributed by atoms with E-state index in [0.717, 1.165) is 0 Å². The van der Waals surface area contributed by atoms with Gasteiger partial charge in [-0.25, -0.2) is 0 Å². The Morgan fingerprint density at radius 1 is 0.167 bits per heavy atom. The standard InChI is InChI=1S/C24H12.C24H18/c1-2-14-5-6-16-9-11-18-12-10-17-8-7-15-4-3-13(1)19-20(14)22(16)24(18)23(17)21(15)19;1-4-10-19(11-5-1)22-16-23(20-12-6-2-7-13-20)18-24(17-22)21-14-8-3-9-15-21/h1-12H;1-18H. The first-order valence-corrected chi connectivity index (χ1v) is 16.7. The van der Waals surface area contributed by atoms with Gasteiger partial charge in [-0.3, -0.25) is 0 Å². The van der Waals surface area contributed by atoms with Crippen LogP contribution in [0.2, 0.25) is 0 Å². The molecule has 11 aromatic carbocycles. The molecule has 0 nitrogen and oxygen atoms in total.